The number of fused-ring (bicyclic) bond motifs is 2. The molecule has 0 heterocycles. The van der Waals surface area contributed by atoms with Crippen LogP contribution in [0.4, 0.5) is 5.69 Å². The van der Waals surface area contributed by atoms with E-state index in [0.717, 1.165) is 6.42 Å². The van der Waals surface area contributed by atoms with Gasteiger partial charge in [-0.15, -0.1) is 0 Å². The van der Waals surface area contributed by atoms with E-state index in [1.54, 1.807) is 0 Å². The van der Waals surface area contributed by atoms with Gasteiger partial charge in [0.05, 0.1) is 5.41 Å². The van der Waals surface area contributed by atoms with E-state index in [9.17, 15) is 22.6 Å². The molecule has 2 bridgehead atoms. The minimum absolute atomic E-state index is 0.0340. The molecule has 1 aromatic carbocycles. The van der Waals surface area contributed by atoms with Crippen molar-refractivity contribution in [3.8, 4) is 11.5 Å². The molecule has 1 aromatic rings. The van der Waals surface area contributed by atoms with Crippen molar-refractivity contribution in [1.29, 1.82) is 0 Å². The number of carboxylic acids is 1. The van der Waals surface area contributed by atoms with Crippen LogP contribution >= 0.6 is 15.9 Å². The van der Waals surface area contributed by atoms with Gasteiger partial charge in [-0.25, -0.2) is 0 Å². The Labute approximate surface area is 177 Å². The van der Waals surface area contributed by atoms with Crippen LogP contribution < -0.4 is 5.32 Å². The van der Waals surface area contributed by atoms with Crippen LogP contribution in [-0.4, -0.2) is 50.7 Å². The lowest BCUT2D eigenvalue weighted by molar-refractivity contribution is -0.135. The van der Waals surface area contributed by atoms with Gasteiger partial charge < -0.3 is 20.6 Å². The highest BCUT2D eigenvalue weighted by Gasteiger charge is 2.69. The number of hydrogen-bond donors (Lipinski definition) is 5. The summed E-state index contributed by atoms with van der Waals surface area (Å²) in [5.74, 6) is -1.31. The second-order valence-electron chi connectivity index (χ2n) is 7.84. The van der Waals surface area contributed by atoms with E-state index >= 15 is 0 Å². The Morgan fingerprint density at radius 1 is 1.31 bits per heavy atom. The maximum absolute atomic E-state index is 12.1. The number of hydrogen-bond acceptors (Lipinski definition) is 7. The summed E-state index contributed by atoms with van der Waals surface area (Å²) in [4.78, 5) is 22.2. The molecule has 5 N–H and O–H groups in total. The first-order valence-electron chi connectivity index (χ1n) is 8.84. The second kappa shape index (κ2) is 8.11. The lowest BCUT2D eigenvalue weighted by Gasteiger charge is -2.38. The molecule has 0 aliphatic heterocycles. The van der Waals surface area contributed by atoms with Crippen molar-refractivity contribution in [3.05, 3.63) is 18.2 Å². The fraction of sp³-hybridized carbons (Fsp3) is 0.556. The molecule has 0 amide bonds. The Hall–Kier alpha value is -1.85. The van der Waals surface area contributed by atoms with Crippen molar-refractivity contribution >= 4 is 43.5 Å². The number of carboxylic acid groups (broad SMARTS) is 1. The Morgan fingerprint density at radius 2 is 1.93 bits per heavy atom. The molecule has 2 aliphatic rings. The number of carbonyl (C=O) groups excluding carboxylic acids is 1. The number of benzene rings is 1. The number of Topliss-reactive ketones (excluding diaryl/α,β-unsaturated/α-hetero) is 1. The van der Waals surface area contributed by atoms with Crippen LogP contribution in [0.3, 0.4) is 0 Å². The zero-order valence-corrected chi connectivity index (χ0v) is 18.3. The Kier molecular flexibility index (Phi) is 6.56. The predicted octanol–water partition coefficient (Wildman–Crippen LogP) is 2.58. The molecule has 3 rings (SSSR count). The molecule has 11 heteroatoms. The molecule has 0 spiro atoms. The summed E-state index contributed by atoms with van der Waals surface area (Å²) in [5.41, 5.74) is -0.878. The standard InChI is InChI=1S/C10H15BrO4S.C8H9NO4/c1-9(2)6-3-4-10(9,7(12)5-6)8(11)16(13,14)15;10-6-2-1-5(3-7(6)11)9-4-8(12)13/h6,8H,3-5H2,1-2H3,(H,13,14,15);1-3,9-11H,4H2,(H,12,13). The molecule has 3 atom stereocenters. The van der Waals surface area contributed by atoms with Gasteiger partial charge in [-0.1, -0.05) is 29.8 Å². The maximum atomic E-state index is 12.1. The smallest absolute Gasteiger partial charge is 0.322 e. The van der Waals surface area contributed by atoms with Crippen molar-refractivity contribution in [3.63, 3.8) is 0 Å². The average molecular weight is 494 g/mol. The largest absolute Gasteiger partial charge is 0.504 e. The number of anilines is 1. The first-order valence-corrected chi connectivity index (χ1v) is 11.3. The molecule has 162 valence electrons. The van der Waals surface area contributed by atoms with E-state index in [4.69, 9.17) is 15.3 Å². The molecule has 3 unspecified atom stereocenters. The number of nitrogens with one attached hydrogen (secondary N) is 1. The summed E-state index contributed by atoms with van der Waals surface area (Å²) in [6.45, 7) is 3.62. The third-order valence-electron chi connectivity index (χ3n) is 6.06. The lowest BCUT2D eigenvalue weighted by atomic mass is 9.70. The van der Waals surface area contributed by atoms with Crippen molar-refractivity contribution in [2.45, 2.75) is 37.3 Å². The number of rotatable bonds is 5. The second-order valence-corrected chi connectivity index (χ2v) is 10.9. The highest BCUT2D eigenvalue weighted by Crippen LogP contribution is 2.67. The van der Waals surface area contributed by atoms with Crippen LogP contribution in [0, 0.1) is 16.7 Å². The molecule has 2 aliphatic carbocycles. The Morgan fingerprint density at radius 3 is 2.34 bits per heavy atom. The van der Waals surface area contributed by atoms with Crippen LogP contribution in [0.5, 0.6) is 11.5 Å². The Balaban J connectivity index is 0.000000212. The van der Waals surface area contributed by atoms with Gasteiger partial charge >= 0.3 is 5.97 Å². The number of halogens is 1. The summed E-state index contributed by atoms with van der Waals surface area (Å²) >= 11 is 3.03. The summed E-state index contributed by atoms with van der Waals surface area (Å²) in [5, 5.41) is 28.8. The molecule has 0 saturated heterocycles. The van der Waals surface area contributed by atoms with Gasteiger partial charge in [-0.2, -0.15) is 8.42 Å². The number of phenolic OH excluding ortho intramolecular Hbond substituents is 2. The first-order chi connectivity index (χ1) is 13.2. The molecule has 0 radical (unpaired) electrons. The van der Waals surface area contributed by atoms with Crippen LogP contribution in [-0.2, 0) is 19.7 Å². The van der Waals surface area contributed by atoms with Crippen LogP contribution in [0.25, 0.3) is 0 Å². The van der Waals surface area contributed by atoms with E-state index in [1.165, 1.54) is 18.2 Å². The highest BCUT2D eigenvalue weighted by molar-refractivity contribution is 9.11. The molecule has 2 fully saturated rings. The fourth-order valence-corrected chi connectivity index (χ4v) is 6.44. The highest BCUT2D eigenvalue weighted by atomic mass is 79.9. The van der Waals surface area contributed by atoms with Gasteiger partial charge in [0.2, 0.25) is 0 Å². The molecular weight excluding hydrogens is 470 g/mol. The van der Waals surface area contributed by atoms with Crippen LogP contribution in [0.1, 0.15) is 33.1 Å². The third kappa shape index (κ3) is 4.36. The van der Waals surface area contributed by atoms with E-state index in [-0.39, 0.29) is 35.2 Å². The van der Waals surface area contributed by atoms with Gasteiger partial charge in [0.1, 0.15) is 12.3 Å². The minimum atomic E-state index is -4.24. The van der Waals surface area contributed by atoms with E-state index in [1.807, 2.05) is 13.8 Å². The van der Waals surface area contributed by atoms with Gasteiger partial charge in [0, 0.05) is 18.2 Å². The minimum Gasteiger partial charge on any atom is -0.504 e. The molecule has 0 aromatic heterocycles. The summed E-state index contributed by atoms with van der Waals surface area (Å²) in [6.07, 6.45) is 1.83. The number of carbonyl (C=O) groups is 2. The van der Waals surface area contributed by atoms with Gasteiger partial charge in [0.25, 0.3) is 10.1 Å². The molecule has 9 nitrogen and oxygen atoms in total. The molecular formula is C18H24BrNO8S. The SMILES string of the molecule is CC1(C)C2CCC1(C(Br)S(=O)(=O)O)C(=O)C2.O=C(O)CNc1ccc(O)c(O)c1. The Bertz CT molecular complexity index is 916. The number of alkyl halides is 1. The number of aromatic hydroxyl groups is 2. The van der Waals surface area contributed by atoms with Crippen molar-refractivity contribution < 1.29 is 37.9 Å². The van der Waals surface area contributed by atoms with Gasteiger partial charge in [-0.3, -0.25) is 14.1 Å². The average Bonchev–Trinajstić information content (AvgIpc) is 2.97. The summed E-state index contributed by atoms with van der Waals surface area (Å²) in [7, 11) is -4.24. The third-order valence-corrected chi connectivity index (χ3v) is 9.18. The molecule has 2 saturated carbocycles. The van der Waals surface area contributed by atoms with Crippen molar-refractivity contribution in [1.82, 2.24) is 0 Å². The normalized spacial score (nSPS) is 25.8. The van der Waals surface area contributed by atoms with Crippen LogP contribution in [0.2, 0.25) is 0 Å². The van der Waals surface area contributed by atoms with Gasteiger partial charge in [-0.05, 0) is 36.3 Å². The number of ketones is 1. The summed E-state index contributed by atoms with van der Waals surface area (Å²) in [6, 6.07) is 4.00. The van der Waals surface area contributed by atoms with E-state index < -0.39 is 25.7 Å². The fourth-order valence-electron chi connectivity index (χ4n) is 4.31. The number of aliphatic carboxylic acids is 1. The maximum Gasteiger partial charge on any atom is 0.322 e. The lowest BCUT2D eigenvalue weighted by Crippen LogP contribution is -2.46. The first kappa shape index (κ1) is 23.4. The topological polar surface area (TPSA) is 161 Å². The zero-order valence-electron chi connectivity index (χ0n) is 15.9. The van der Waals surface area contributed by atoms with E-state index in [2.05, 4.69) is 21.2 Å². The monoisotopic (exact) mass is 493 g/mol. The van der Waals surface area contributed by atoms with Crippen molar-refractivity contribution in [2.75, 3.05) is 11.9 Å². The quantitative estimate of drug-likeness (QED) is 0.179. The molecule has 29 heavy (non-hydrogen) atoms. The van der Waals surface area contributed by atoms with Crippen molar-refractivity contribution in [2.24, 2.45) is 16.7 Å². The summed E-state index contributed by atoms with van der Waals surface area (Å²) < 4.78 is 30.6. The van der Waals surface area contributed by atoms with Crippen LogP contribution in [0.15, 0.2) is 18.2 Å². The number of phenols is 2. The van der Waals surface area contributed by atoms with Gasteiger partial charge in [0.15, 0.2) is 15.7 Å². The van der Waals surface area contributed by atoms with E-state index in [0.29, 0.717) is 18.5 Å². The predicted molar refractivity (Wildman–Crippen MR) is 109 cm³/mol. The zero-order chi connectivity index (χ0) is 22.2.